The number of carbonyl (C=O) groups is 2. The zero-order valence-electron chi connectivity index (χ0n) is 14.9. The summed E-state index contributed by atoms with van der Waals surface area (Å²) in [7, 11) is 0. The maximum Gasteiger partial charge on any atom is 0.323 e. The molecule has 0 aromatic heterocycles. The standard InChI is InChI=1S/C18H34N2O4/c1-3-4-5-6-7-8-9-10-11-14(2)12-18(16(21)22,17(23)24)15(20)13-19/h15H,2-13,19-20H2,1H3,(H,21,22)(H,23,24). The van der Waals surface area contributed by atoms with Gasteiger partial charge in [-0.25, -0.2) is 0 Å². The fourth-order valence-corrected chi connectivity index (χ4v) is 2.88. The second-order valence-electron chi connectivity index (χ2n) is 6.58. The maximum atomic E-state index is 11.5. The van der Waals surface area contributed by atoms with Gasteiger partial charge in [0, 0.05) is 12.6 Å². The molecule has 0 heterocycles. The van der Waals surface area contributed by atoms with Gasteiger partial charge < -0.3 is 21.7 Å². The molecule has 24 heavy (non-hydrogen) atoms. The first kappa shape index (κ1) is 22.6. The van der Waals surface area contributed by atoms with E-state index in [0.717, 1.165) is 19.3 Å². The van der Waals surface area contributed by atoms with Crippen molar-refractivity contribution in [3.05, 3.63) is 12.2 Å². The number of rotatable bonds is 15. The molecule has 0 radical (unpaired) electrons. The van der Waals surface area contributed by atoms with E-state index in [-0.39, 0.29) is 13.0 Å². The fourth-order valence-electron chi connectivity index (χ4n) is 2.88. The maximum absolute atomic E-state index is 11.5. The Hall–Kier alpha value is -1.40. The molecule has 0 bridgehead atoms. The molecular formula is C18H34N2O4. The topological polar surface area (TPSA) is 127 Å². The Morgan fingerprint density at radius 1 is 1.00 bits per heavy atom. The van der Waals surface area contributed by atoms with E-state index in [9.17, 15) is 19.8 Å². The predicted molar refractivity (Wildman–Crippen MR) is 95.7 cm³/mol. The van der Waals surface area contributed by atoms with Crippen LogP contribution in [0, 0.1) is 5.41 Å². The SMILES string of the molecule is C=C(CCCCCCCCCC)CC(C(=O)O)(C(=O)O)C(N)CN. The number of allylic oxidation sites excluding steroid dienone is 1. The summed E-state index contributed by atoms with van der Waals surface area (Å²) in [6, 6.07) is -1.15. The molecule has 1 atom stereocenters. The number of hydrogen-bond donors (Lipinski definition) is 4. The van der Waals surface area contributed by atoms with Crippen LogP contribution >= 0.6 is 0 Å². The molecule has 0 aromatic rings. The first-order valence-corrected chi connectivity index (χ1v) is 8.92. The highest BCUT2D eigenvalue weighted by Gasteiger charge is 2.51. The van der Waals surface area contributed by atoms with Crippen molar-refractivity contribution in [1.29, 1.82) is 0 Å². The molecule has 6 N–H and O–H groups in total. The normalized spacial score (nSPS) is 12.8. The van der Waals surface area contributed by atoms with Crippen molar-refractivity contribution in [2.24, 2.45) is 16.9 Å². The lowest BCUT2D eigenvalue weighted by molar-refractivity contribution is -0.166. The van der Waals surface area contributed by atoms with E-state index < -0.39 is 23.4 Å². The largest absolute Gasteiger partial charge is 0.480 e. The molecule has 140 valence electrons. The van der Waals surface area contributed by atoms with Gasteiger partial charge in [-0.2, -0.15) is 0 Å². The van der Waals surface area contributed by atoms with Crippen molar-refractivity contribution in [2.45, 2.75) is 77.2 Å². The van der Waals surface area contributed by atoms with Crippen LogP contribution in [0.15, 0.2) is 12.2 Å². The van der Waals surface area contributed by atoms with Gasteiger partial charge in [-0.15, -0.1) is 0 Å². The molecule has 6 heteroatoms. The van der Waals surface area contributed by atoms with E-state index in [1.54, 1.807) is 0 Å². The Balaban J connectivity index is 4.35. The monoisotopic (exact) mass is 342 g/mol. The summed E-state index contributed by atoms with van der Waals surface area (Å²) in [5.41, 5.74) is 9.64. The van der Waals surface area contributed by atoms with Crippen LogP contribution in [0.3, 0.4) is 0 Å². The summed E-state index contributed by atoms with van der Waals surface area (Å²) < 4.78 is 0. The van der Waals surface area contributed by atoms with E-state index in [2.05, 4.69) is 13.5 Å². The summed E-state index contributed by atoms with van der Waals surface area (Å²) >= 11 is 0. The quantitative estimate of drug-likeness (QED) is 0.206. The van der Waals surface area contributed by atoms with Gasteiger partial charge in [-0.1, -0.05) is 64.0 Å². The molecule has 6 nitrogen and oxygen atoms in total. The van der Waals surface area contributed by atoms with Crippen molar-refractivity contribution in [3.8, 4) is 0 Å². The van der Waals surface area contributed by atoms with Crippen molar-refractivity contribution < 1.29 is 19.8 Å². The molecule has 0 spiro atoms. The van der Waals surface area contributed by atoms with Gasteiger partial charge in [-0.05, 0) is 19.3 Å². The number of unbranched alkanes of at least 4 members (excludes halogenated alkanes) is 7. The van der Waals surface area contributed by atoms with Crippen LogP contribution in [0.1, 0.15) is 71.1 Å². The zero-order chi connectivity index (χ0) is 18.6. The van der Waals surface area contributed by atoms with E-state index in [1.807, 2.05) is 0 Å². The first-order valence-electron chi connectivity index (χ1n) is 8.92. The minimum absolute atomic E-state index is 0.174. The van der Waals surface area contributed by atoms with Gasteiger partial charge >= 0.3 is 11.9 Å². The number of hydrogen-bond acceptors (Lipinski definition) is 4. The molecule has 0 aliphatic rings. The van der Waals surface area contributed by atoms with Crippen LogP contribution in [0.4, 0.5) is 0 Å². The molecule has 0 saturated heterocycles. The average Bonchev–Trinajstić information content (AvgIpc) is 2.53. The third-order valence-electron chi connectivity index (χ3n) is 4.56. The third kappa shape index (κ3) is 7.01. The second kappa shape index (κ2) is 12.0. The molecule has 0 aliphatic carbocycles. The highest BCUT2D eigenvalue weighted by atomic mass is 16.4. The summed E-state index contributed by atoms with van der Waals surface area (Å²) in [4.78, 5) is 23.1. The Morgan fingerprint density at radius 2 is 1.46 bits per heavy atom. The Kier molecular flexibility index (Phi) is 11.3. The lowest BCUT2D eigenvalue weighted by Gasteiger charge is -2.30. The number of aliphatic carboxylic acids is 2. The minimum Gasteiger partial charge on any atom is -0.480 e. The predicted octanol–water partition coefficient (Wildman–Crippen LogP) is 2.91. The van der Waals surface area contributed by atoms with Crippen LogP contribution in [-0.2, 0) is 9.59 Å². The van der Waals surface area contributed by atoms with Gasteiger partial charge in [0.25, 0.3) is 0 Å². The molecule has 0 fully saturated rings. The third-order valence-corrected chi connectivity index (χ3v) is 4.56. The zero-order valence-corrected chi connectivity index (χ0v) is 14.9. The summed E-state index contributed by atoms with van der Waals surface area (Å²) in [6.07, 6.45) is 9.77. The Labute approximate surface area is 145 Å². The van der Waals surface area contributed by atoms with Gasteiger partial charge in [0.2, 0.25) is 0 Å². The highest BCUT2D eigenvalue weighted by Crippen LogP contribution is 2.32. The molecule has 0 amide bonds. The van der Waals surface area contributed by atoms with Gasteiger partial charge in [0.15, 0.2) is 5.41 Å². The van der Waals surface area contributed by atoms with Crippen LogP contribution in [0.2, 0.25) is 0 Å². The molecule has 0 saturated carbocycles. The summed E-state index contributed by atoms with van der Waals surface area (Å²) in [5.74, 6) is -2.91. The fraction of sp³-hybridized carbons (Fsp3) is 0.778. The van der Waals surface area contributed by atoms with E-state index in [0.29, 0.717) is 12.0 Å². The van der Waals surface area contributed by atoms with Crippen LogP contribution in [-0.4, -0.2) is 34.7 Å². The molecule has 0 aliphatic heterocycles. The van der Waals surface area contributed by atoms with E-state index in [4.69, 9.17) is 11.5 Å². The summed E-state index contributed by atoms with van der Waals surface area (Å²) in [6.45, 7) is 5.84. The first-order chi connectivity index (χ1) is 11.3. The van der Waals surface area contributed by atoms with Gasteiger partial charge in [0.05, 0.1) is 0 Å². The lowest BCUT2D eigenvalue weighted by atomic mass is 9.74. The van der Waals surface area contributed by atoms with Crippen molar-refractivity contribution in [3.63, 3.8) is 0 Å². The van der Waals surface area contributed by atoms with E-state index in [1.165, 1.54) is 32.1 Å². The van der Waals surface area contributed by atoms with E-state index >= 15 is 0 Å². The van der Waals surface area contributed by atoms with Crippen LogP contribution in [0.5, 0.6) is 0 Å². The van der Waals surface area contributed by atoms with Crippen LogP contribution < -0.4 is 11.5 Å². The average molecular weight is 342 g/mol. The number of carboxylic acids is 2. The van der Waals surface area contributed by atoms with Crippen molar-refractivity contribution in [1.82, 2.24) is 0 Å². The highest BCUT2D eigenvalue weighted by molar-refractivity contribution is 5.99. The smallest absolute Gasteiger partial charge is 0.323 e. The number of carboxylic acid groups (broad SMARTS) is 2. The van der Waals surface area contributed by atoms with Gasteiger partial charge in [0.1, 0.15) is 0 Å². The number of nitrogens with two attached hydrogens (primary N) is 2. The van der Waals surface area contributed by atoms with Crippen LogP contribution in [0.25, 0.3) is 0 Å². The molecule has 0 aromatic carbocycles. The minimum atomic E-state index is -2.09. The second-order valence-corrected chi connectivity index (χ2v) is 6.58. The summed E-state index contributed by atoms with van der Waals surface area (Å²) in [5, 5.41) is 18.8. The van der Waals surface area contributed by atoms with Crippen molar-refractivity contribution >= 4 is 11.9 Å². The molecular weight excluding hydrogens is 308 g/mol. The van der Waals surface area contributed by atoms with Crippen molar-refractivity contribution in [2.75, 3.05) is 6.54 Å². The molecule has 1 unspecified atom stereocenters. The molecule has 0 rings (SSSR count). The van der Waals surface area contributed by atoms with Gasteiger partial charge in [-0.3, -0.25) is 9.59 Å². The Bertz CT molecular complexity index is 396. The lowest BCUT2D eigenvalue weighted by Crippen LogP contribution is -2.56. The Morgan fingerprint density at radius 3 is 1.88 bits per heavy atom.